The number of aliphatic carboxylic acids is 1. The molecule has 0 aliphatic rings. The van der Waals surface area contributed by atoms with E-state index in [0.717, 1.165) is 15.4 Å². The normalized spacial score (nSPS) is 12.5. The number of amides is 2. The van der Waals surface area contributed by atoms with E-state index in [1.807, 2.05) is 0 Å². The predicted molar refractivity (Wildman–Crippen MR) is 153 cm³/mol. The summed E-state index contributed by atoms with van der Waals surface area (Å²) in [5.74, 6) is -1.74. The first-order valence-corrected chi connectivity index (χ1v) is 13.6. The van der Waals surface area contributed by atoms with E-state index < -0.39 is 29.2 Å². The summed E-state index contributed by atoms with van der Waals surface area (Å²) >= 11 is -2.76. The van der Waals surface area contributed by atoms with Gasteiger partial charge < -0.3 is 24.7 Å². The van der Waals surface area contributed by atoms with Crippen LogP contribution in [0.3, 0.4) is 0 Å². The maximum atomic E-state index is 13.0. The summed E-state index contributed by atoms with van der Waals surface area (Å²) in [6, 6.07) is 17.6. The fourth-order valence-corrected chi connectivity index (χ4v) is 5.23. The average Bonchev–Trinajstić information content (AvgIpc) is 3.26. The highest BCUT2D eigenvalue weighted by Gasteiger charge is 2.26. The number of anilines is 3. The Hall–Kier alpha value is -4.48. The van der Waals surface area contributed by atoms with Gasteiger partial charge in [0.15, 0.2) is 5.76 Å². The first kappa shape index (κ1) is 28.5. The van der Waals surface area contributed by atoms with Crippen LogP contribution >= 0.6 is 0 Å². The monoisotopic (exact) mass is 562 g/mol. The number of furan rings is 1. The molecule has 208 valence electrons. The second kappa shape index (κ2) is 12.1. The van der Waals surface area contributed by atoms with Crippen molar-refractivity contribution in [2.24, 2.45) is 0 Å². The molecular formula is C29H28N3O7S-. The molecule has 3 aromatic carbocycles. The highest BCUT2D eigenvalue weighted by molar-refractivity contribution is 7.80. The van der Waals surface area contributed by atoms with Crippen LogP contribution in [0.1, 0.15) is 42.8 Å². The van der Waals surface area contributed by atoms with Crippen LogP contribution in [0.25, 0.3) is 22.1 Å². The number of nitrogens with zero attached hydrogens (tertiary/aromatic N) is 1. The van der Waals surface area contributed by atoms with Gasteiger partial charge in [0, 0.05) is 40.5 Å². The highest BCUT2D eigenvalue weighted by atomic mass is 32.2. The lowest BCUT2D eigenvalue weighted by Gasteiger charge is -2.32. The zero-order valence-corrected chi connectivity index (χ0v) is 22.9. The molecule has 0 aliphatic carbocycles. The molecule has 11 heteroatoms. The van der Waals surface area contributed by atoms with E-state index in [1.165, 1.54) is 6.92 Å². The van der Waals surface area contributed by atoms with Crippen molar-refractivity contribution in [1.82, 2.24) is 0 Å². The fourth-order valence-electron chi connectivity index (χ4n) is 4.53. The van der Waals surface area contributed by atoms with Crippen molar-refractivity contribution >= 4 is 57.1 Å². The quantitative estimate of drug-likeness (QED) is 0.217. The number of hydrogen-bond donors (Lipinski definition) is 3. The molecule has 4 aromatic rings. The minimum absolute atomic E-state index is 0.135. The van der Waals surface area contributed by atoms with E-state index in [2.05, 4.69) is 10.6 Å². The lowest BCUT2D eigenvalue weighted by molar-refractivity contribution is -0.138. The van der Waals surface area contributed by atoms with Crippen molar-refractivity contribution in [1.29, 1.82) is 0 Å². The molecule has 40 heavy (non-hydrogen) atoms. The van der Waals surface area contributed by atoms with Crippen LogP contribution in [0.4, 0.5) is 17.1 Å². The lowest BCUT2D eigenvalue weighted by Crippen LogP contribution is -2.42. The van der Waals surface area contributed by atoms with Gasteiger partial charge in [-0.25, -0.2) is 4.79 Å². The van der Waals surface area contributed by atoms with Gasteiger partial charge in [0.2, 0.25) is 5.91 Å². The van der Waals surface area contributed by atoms with Gasteiger partial charge in [0.25, 0.3) is 5.91 Å². The maximum Gasteiger partial charge on any atom is 0.327 e. The van der Waals surface area contributed by atoms with Crippen LogP contribution < -0.4 is 14.9 Å². The summed E-state index contributed by atoms with van der Waals surface area (Å²) in [5.41, 5.74) is 4.02. The van der Waals surface area contributed by atoms with Crippen LogP contribution in [0, 0.1) is 6.92 Å². The van der Waals surface area contributed by atoms with Gasteiger partial charge >= 0.3 is 5.97 Å². The Bertz CT molecular complexity index is 1580. The summed E-state index contributed by atoms with van der Waals surface area (Å²) in [7, 11) is 0. The molecule has 0 radical (unpaired) electrons. The number of rotatable bonds is 10. The Morgan fingerprint density at radius 3 is 2.17 bits per heavy atom. The number of carboxylic acids is 1. The van der Waals surface area contributed by atoms with Gasteiger partial charge in [0.05, 0.1) is 5.69 Å². The zero-order chi connectivity index (χ0) is 29.0. The molecule has 0 bridgehead atoms. The molecule has 10 nitrogen and oxygen atoms in total. The molecule has 0 aliphatic heterocycles. The second-order valence-electron chi connectivity index (χ2n) is 9.18. The summed E-state index contributed by atoms with van der Waals surface area (Å²) in [6.07, 6.45) is 0.696. The molecule has 1 aromatic heterocycles. The highest BCUT2D eigenvalue weighted by Crippen LogP contribution is 2.32. The number of fused-ring (bicyclic) bond motifs is 1. The van der Waals surface area contributed by atoms with E-state index in [0.29, 0.717) is 34.3 Å². The number of nitrogens with one attached hydrogen (secondary N) is 2. The summed E-state index contributed by atoms with van der Waals surface area (Å²) in [5, 5.41) is 15.7. The number of hydrogen-bond acceptors (Lipinski definition) is 6. The molecule has 2 amide bonds. The van der Waals surface area contributed by atoms with E-state index in [4.69, 9.17) is 4.42 Å². The molecule has 1 heterocycles. The molecule has 0 saturated heterocycles. The van der Waals surface area contributed by atoms with Gasteiger partial charge in [-0.2, -0.15) is 0 Å². The Balaban J connectivity index is 1.51. The number of carboxylic acid groups (broad SMARTS) is 1. The summed E-state index contributed by atoms with van der Waals surface area (Å²) in [4.78, 5) is 36.2. The molecule has 4 rings (SSSR count). The largest absolute Gasteiger partial charge is 0.755 e. The third-order valence-corrected chi connectivity index (χ3v) is 7.15. The van der Waals surface area contributed by atoms with Crippen LogP contribution in [0.2, 0.25) is 0 Å². The standard InChI is InChI=1S/C29H29N3O7S/c1-4-6-24(29(35)36)32(40(37)38)22-15-11-20(12-16-22)19-9-13-21(14-10-19)31-28(34)27-17(2)26-23(30-18(3)33)7-5-8-25(26)39-27/h5,7-16,24H,4,6H2,1-3H3,(H,30,33)(H,31,34)(H,35,36)(H,37,38)/p-1. The molecule has 0 fully saturated rings. The van der Waals surface area contributed by atoms with Crippen LogP contribution in [0.15, 0.2) is 71.1 Å². The summed E-state index contributed by atoms with van der Waals surface area (Å²) < 4.78 is 30.3. The molecule has 0 saturated carbocycles. The molecule has 3 N–H and O–H groups in total. The van der Waals surface area contributed by atoms with Crippen molar-refractivity contribution in [3.05, 3.63) is 78.1 Å². The molecule has 2 atom stereocenters. The Morgan fingerprint density at radius 1 is 1.00 bits per heavy atom. The predicted octanol–water partition coefficient (Wildman–Crippen LogP) is 5.47. The van der Waals surface area contributed by atoms with Gasteiger partial charge in [0.1, 0.15) is 11.6 Å². The molecule has 2 unspecified atom stereocenters. The second-order valence-corrected chi connectivity index (χ2v) is 10.0. The van der Waals surface area contributed by atoms with E-state index in [9.17, 15) is 28.3 Å². The number of carbonyl (C=O) groups excluding carboxylic acids is 2. The smallest absolute Gasteiger partial charge is 0.327 e. The van der Waals surface area contributed by atoms with Crippen LogP contribution in [-0.4, -0.2) is 37.7 Å². The zero-order valence-electron chi connectivity index (χ0n) is 22.1. The van der Waals surface area contributed by atoms with Gasteiger partial charge in [-0.15, -0.1) is 0 Å². The maximum absolute atomic E-state index is 13.0. The molecule has 0 spiro atoms. The number of benzene rings is 3. The summed E-state index contributed by atoms with van der Waals surface area (Å²) in [6.45, 7) is 4.95. The van der Waals surface area contributed by atoms with E-state index >= 15 is 0 Å². The Kier molecular flexibility index (Phi) is 8.66. The first-order valence-electron chi connectivity index (χ1n) is 12.5. The van der Waals surface area contributed by atoms with Crippen LogP contribution in [-0.2, 0) is 20.9 Å². The first-order chi connectivity index (χ1) is 19.1. The van der Waals surface area contributed by atoms with Gasteiger partial charge in [-0.1, -0.05) is 43.7 Å². The Labute approximate surface area is 233 Å². The fraction of sp³-hybridized carbons (Fsp3) is 0.207. The third-order valence-electron chi connectivity index (χ3n) is 6.36. The van der Waals surface area contributed by atoms with Crippen molar-refractivity contribution in [2.75, 3.05) is 14.9 Å². The third kappa shape index (κ3) is 6.05. The lowest BCUT2D eigenvalue weighted by atomic mass is 10.0. The number of carbonyl (C=O) groups is 3. The SMILES string of the molecule is CCCC(C(=O)O)N(c1ccc(-c2ccc(NC(=O)c3oc4cccc(NC(C)=O)c4c3C)cc2)cc1)S(=O)[O-]. The molecular weight excluding hydrogens is 534 g/mol. The van der Waals surface area contributed by atoms with Crippen LogP contribution in [0.5, 0.6) is 0 Å². The number of aryl methyl sites for hydroxylation is 1. The minimum Gasteiger partial charge on any atom is -0.755 e. The van der Waals surface area contributed by atoms with Gasteiger partial charge in [-0.3, -0.25) is 18.1 Å². The van der Waals surface area contributed by atoms with E-state index in [1.54, 1.807) is 80.6 Å². The van der Waals surface area contributed by atoms with Crippen molar-refractivity contribution in [3.63, 3.8) is 0 Å². The van der Waals surface area contributed by atoms with Gasteiger partial charge in [-0.05, 0) is 60.9 Å². The minimum atomic E-state index is -2.76. The van der Waals surface area contributed by atoms with Crippen molar-refractivity contribution in [2.45, 2.75) is 39.7 Å². The Morgan fingerprint density at radius 2 is 1.62 bits per heavy atom. The van der Waals surface area contributed by atoms with E-state index in [-0.39, 0.29) is 23.8 Å². The average molecular weight is 563 g/mol. The van der Waals surface area contributed by atoms with Crippen molar-refractivity contribution in [3.8, 4) is 11.1 Å². The van der Waals surface area contributed by atoms with Crippen molar-refractivity contribution < 1.29 is 32.7 Å². The topological polar surface area (TPSA) is 152 Å².